The first-order valence-electron chi connectivity index (χ1n) is 18.8. The first-order chi connectivity index (χ1) is 24.8. The summed E-state index contributed by atoms with van der Waals surface area (Å²) in [7, 11) is 0. The van der Waals surface area contributed by atoms with Crippen molar-refractivity contribution in [2.24, 2.45) is 0 Å². The highest BCUT2D eigenvalue weighted by Crippen LogP contribution is 2.51. The van der Waals surface area contributed by atoms with Crippen molar-refractivity contribution < 1.29 is 21.6 Å². The number of anilines is 1. The molecule has 0 radical (unpaired) electrons. The molecule has 2 heterocycles. The number of allylic oxidation sites excluding steroid dienone is 4. The van der Waals surface area contributed by atoms with Gasteiger partial charge >= 0.3 is 0 Å². The minimum atomic E-state index is -0.141. The van der Waals surface area contributed by atoms with Crippen LogP contribution >= 0.6 is 0 Å². The maximum Gasteiger partial charge on any atom is 0.210 e. The Morgan fingerprint density at radius 2 is 1.13 bits per heavy atom. The SMILES string of the molecule is CC1(C)C(/C=C/C=C2/N(CCCc3ccccc3)c3ccc4ccccc4c3C2(C)C)=[N+](CCCc2ccccc2)c2ccc3ccccc3c21.[Br-]. The van der Waals surface area contributed by atoms with E-state index in [2.05, 4.69) is 189 Å². The first-order valence-corrected chi connectivity index (χ1v) is 18.8. The van der Waals surface area contributed by atoms with Gasteiger partial charge in [0.25, 0.3) is 0 Å². The van der Waals surface area contributed by atoms with Crippen LogP contribution in [0.4, 0.5) is 11.4 Å². The van der Waals surface area contributed by atoms with Gasteiger partial charge in [-0.2, -0.15) is 4.58 Å². The Kier molecular flexibility index (Phi) is 10.1. The largest absolute Gasteiger partial charge is 1.00 e. The Bertz CT molecular complexity index is 2310. The predicted octanol–water partition coefficient (Wildman–Crippen LogP) is 8.88. The van der Waals surface area contributed by atoms with Crippen LogP contribution in [0.3, 0.4) is 0 Å². The molecule has 52 heavy (non-hydrogen) atoms. The van der Waals surface area contributed by atoms with Crippen molar-refractivity contribution in [1.29, 1.82) is 0 Å². The van der Waals surface area contributed by atoms with E-state index in [1.807, 2.05) is 0 Å². The molecule has 3 heteroatoms. The maximum atomic E-state index is 2.61. The molecular formula is C49H49BrN2. The Morgan fingerprint density at radius 3 is 1.79 bits per heavy atom. The van der Waals surface area contributed by atoms with E-state index in [0.29, 0.717) is 0 Å². The molecule has 0 unspecified atom stereocenters. The molecule has 6 aromatic rings. The van der Waals surface area contributed by atoms with E-state index >= 15 is 0 Å². The molecule has 2 aliphatic heterocycles. The van der Waals surface area contributed by atoms with Crippen molar-refractivity contribution in [3.63, 3.8) is 0 Å². The average Bonchev–Trinajstić information content (AvgIpc) is 3.51. The third-order valence-electron chi connectivity index (χ3n) is 11.4. The first kappa shape index (κ1) is 35.7. The van der Waals surface area contributed by atoms with Crippen molar-refractivity contribution in [3.05, 3.63) is 180 Å². The summed E-state index contributed by atoms with van der Waals surface area (Å²) in [5, 5.41) is 5.34. The number of fused-ring (bicyclic) bond motifs is 6. The number of benzene rings is 6. The second-order valence-corrected chi connectivity index (χ2v) is 15.4. The average molecular weight is 746 g/mol. The second-order valence-electron chi connectivity index (χ2n) is 15.4. The van der Waals surface area contributed by atoms with E-state index in [1.165, 1.54) is 66.6 Å². The fourth-order valence-corrected chi connectivity index (χ4v) is 8.95. The number of nitrogens with zero attached hydrogens (tertiary/aromatic N) is 2. The van der Waals surface area contributed by atoms with Gasteiger partial charge in [0, 0.05) is 47.5 Å². The molecule has 2 nitrogen and oxygen atoms in total. The summed E-state index contributed by atoms with van der Waals surface area (Å²) in [5.41, 5.74) is 10.8. The van der Waals surface area contributed by atoms with E-state index in [-0.39, 0.29) is 27.8 Å². The topological polar surface area (TPSA) is 6.25 Å². The van der Waals surface area contributed by atoms with Crippen molar-refractivity contribution in [2.75, 3.05) is 18.0 Å². The Balaban J connectivity index is 0.00000420. The molecule has 262 valence electrons. The van der Waals surface area contributed by atoms with Crippen LogP contribution < -0.4 is 21.9 Å². The minimum Gasteiger partial charge on any atom is -1.00 e. The molecule has 0 bridgehead atoms. The summed E-state index contributed by atoms with van der Waals surface area (Å²) < 4.78 is 2.61. The number of aryl methyl sites for hydroxylation is 2. The molecule has 0 N–H and O–H groups in total. The van der Waals surface area contributed by atoms with E-state index in [9.17, 15) is 0 Å². The maximum absolute atomic E-state index is 2.61. The number of rotatable bonds is 10. The van der Waals surface area contributed by atoms with Crippen LogP contribution in [0.5, 0.6) is 0 Å². The number of hydrogen-bond donors (Lipinski definition) is 0. The Morgan fingerprint density at radius 1 is 0.577 bits per heavy atom. The van der Waals surface area contributed by atoms with Crippen LogP contribution in [-0.2, 0) is 23.7 Å². The van der Waals surface area contributed by atoms with E-state index in [4.69, 9.17) is 0 Å². The van der Waals surface area contributed by atoms with Gasteiger partial charge in [-0.3, -0.25) is 0 Å². The standard InChI is InChI=1S/C49H49N2.BrH/c1-48(2)44(50(34-16-22-36-18-7-5-8-19-36)42-32-30-38-24-11-13-26-40(38)46(42)48)28-15-29-45-49(3,4)47-41-27-14-12-25-39(41)31-33-43(47)51(45)35-17-23-37-20-9-6-10-21-37;/h5-15,18-21,24-33H,16-17,22-23,34-35H2,1-4H3;1H/q+1;/p-1. The summed E-state index contributed by atoms with van der Waals surface area (Å²) in [6.07, 6.45) is 11.5. The van der Waals surface area contributed by atoms with Crippen LogP contribution in [-0.4, -0.2) is 23.4 Å². The van der Waals surface area contributed by atoms with Crippen LogP contribution in [0.2, 0.25) is 0 Å². The van der Waals surface area contributed by atoms with E-state index in [1.54, 1.807) is 0 Å². The zero-order chi connectivity index (χ0) is 35.0. The normalized spacial score (nSPS) is 16.5. The molecule has 0 aromatic heterocycles. The fourth-order valence-electron chi connectivity index (χ4n) is 8.95. The lowest BCUT2D eigenvalue weighted by Crippen LogP contribution is -3.00. The van der Waals surface area contributed by atoms with Crippen LogP contribution in [0.25, 0.3) is 21.5 Å². The predicted molar refractivity (Wildman–Crippen MR) is 218 cm³/mol. The van der Waals surface area contributed by atoms with E-state index < -0.39 is 0 Å². The Labute approximate surface area is 320 Å². The van der Waals surface area contributed by atoms with Gasteiger partial charge in [-0.05, 0) is 89.6 Å². The highest BCUT2D eigenvalue weighted by molar-refractivity contribution is 6.07. The lowest BCUT2D eigenvalue weighted by Gasteiger charge is -2.27. The zero-order valence-corrected chi connectivity index (χ0v) is 32.5. The lowest BCUT2D eigenvalue weighted by molar-refractivity contribution is -0.438. The van der Waals surface area contributed by atoms with Crippen LogP contribution in [0, 0.1) is 0 Å². The van der Waals surface area contributed by atoms with Gasteiger partial charge in [0.05, 0.1) is 5.41 Å². The fraction of sp³-hybridized carbons (Fsp3) is 0.245. The molecule has 0 aliphatic carbocycles. The summed E-state index contributed by atoms with van der Waals surface area (Å²) in [4.78, 5) is 2.61. The summed E-state index contributed by atoms with van der Waals surface area (Å²) in [6.45, 7) is 11.6. The third-order valence-corrected chi connectivity index (χ3v) is 11.4. The van der Waals surface area contributed by atoms with Crippen molar-refractivity contribution >= 4 is 38.6 Å². The van der Waals surface area contributed by atoms with Crippen molar-refractivity contribution in [3.8, 4) is 0 Å². The van der Waals surface area contributed by atoms with Crippen molar-refractivity contribution in [1.82, 2.24) is 0 Å². The van der Waals surface area contributed by atoms with Crippen LogP contribution in [0.15, 0.2) is 157 Å². The van der Waals surface area contributed by atoms with Crippen molar-refractivity contribution in [2.45, 2.75) is 64.2 Å². The molecule has 0 spiro atoms. The number of halogens is 1. The van der Waals surface area contributed by atoms with E-state index in [0.717, 1.165) is 38.8 Å². The van der Waals surface area contributed by atoms with Gasteiger partial charge < -0.3 is 21.9 Å². The summed E-state index contributed by atoms with van der Waals surface area (Å²) in [6, 6.07) is 49.0. The molecule has 0 atom stereocenters. The molecule has 8 rings (SSSR count). The molecule has 0 saturated heterocycles. The monoisotopic (exact) mass is 744 g/mol. The highest BCUT2D eigenvalue weighted by atomic mass is 79.9. The van der Waals surface area contributed by atoms with Gasteiger partial charge in [-0.1, -0.05) is 135 Å². The van der Waals surface area contributed by atoms with Crippen LogP contribution in [0.1, 0.15) is 62.8 Å². The molecule has 0 fully saturated rings. The Hall–Kier alpha value is -4.73. The summed E-state index contributed by atoms with van der Waals surface area (Å²) in [5.74, 6) is 0. The lowest BCUT2D eigenvalue weighted by atomic mass is 9.79. The zero-order valence-electron chi connectivity index (χ0n) is 30.9. The smallest absolute Gasteiger partial charge is 0.210 e. The highest BCUT2D eigenvalue weighted by Gasteiger charge is 2.45. The molecular weight excluding hydrogens is 696 g/mol. The van der Waals surface area contributed by atoms with Gasteiger partial charge in [0.2, 0.25) is 5.69 Å². The van der Waals surface area contributed by atoms with Gasteiger partial charge in [0.15, 0.2) is 5.71 Å². The van der Waals surface area contributed by atoms with Gasteiger partial charge in [-0.25, -0.2) is 0 Å². The molecule has 6 aromatic carbocycles. The summed E-state index contributed by atoms with van der Waals surface area (Å²) >= 11 is 0. The number of hydrogen-bond acceptors (Lipinski definition) is 1. The molecule has 0 amide bonds. The third kappa shape index (κ3) is 6.45. The van der Waals surface area contributed by atoms with Gasteiger partial charge in [-0.15, -0.1) is 0 Å². The minimum absolute atomic E-state index is 0. The molecule has 0 saturated carbocycles. The second kappa shape index (κ2) is 14.7. The molecule has 2 aliphatic rings. The quantitative estimate of drug-likeness (QED) is 0.127. The van der Waals surface area contributed by atoms with Gasteiger partial charge in [0.1, 0.15) is 6.54 Å².